The van der Waals surface area contributed by atoms with Crippen molar-refractivity contribution >= 4 is 0 Å². The monoisotopic (exact) mass is 527 g/mol. The Morgan fingerprint density at radius 1 is 0.378 bits per heavy atom. The molecule has 0 rings (SSSR count). The molecule has 0 aliphatic carbocycles. The highest BCUT2D eigenvalue weighted by Gasteiger charge is 2.11. The van der Waals surface area contributed by atoms with Crippen LogP contribution in [0.5, 0.6) is 0 Å². The predicted octanol–water partition coefficient (Wildman–Crippen LogP) is 10.9. The zero-order valence-electron chi connectivity index (χ0n) is 26.5. The Bertz CT molecular complexity index is 389. The van der Waals surface area contributed by atoms with Crippen LogP contribution in [0.4, 0.5) is 0 Å². The first kappa shape index (κ1) is 36.9. The summed E-state index contributed by atoms with van der Waals surface area (Å²) in [4.78, 5) is 0. The van der Waals surface area contributed by atoms with E-state index in [1.165, 1.54) is 128 Å². The molecular weight excluding hydrogens is 456 g/mol. The second-order valence-corrected chi connectivity index (χ2v) is 12.3. The Labute approximate surface area is 234 Å². The van der Waals surface area contributed by atoms with Crippen LogP contribution in [-0.2, 0) is 14.2 Å². The van der Waals surface area contributed by atoms with Crippen molar-refractivity contribution in [3.8, 4) is 0 Å². The molecule has 0 amide bonds. The SMILES string of the molecule is CCCCCCCCCCCC(C)COCC(C)OC(C)COCC(C)CCCCCCCCCCC. The number of hydrogen-bond acceptors (Lipinski definition) is 3. The van der Waals surface area contributed by atoms with Gasteiger partial charge in [-0.15, -0.1) is 0 Å². The summed E-state index contributed by atoms with van der Waals surface area (Å²) >= 11 is 0. The molecule has 0 aliphatic rings. The van der Waals surface area contributed by atoms with Crippen molar-refractivity contribution in [2.24, 2.45) is 11.8 Å². The van der Waals surface area contributed by atoms with E-state index in [9.17, 15) is 0 Å². The van der Waals surface area contributed by atoms with Gasteiger partial charge in [0.15, 0.2) is 0 Å². The van der Waals surface area contributed by atoms with Gasteiger partial charge in [-0.05, 0) is 38.5 Å². The zero-order chi connectivity index (χ0) is 27.4. The molecule has 0 radical (unpaired) electrons. The van der Waals surface area contributed by atoms with E-state index < -0.39 is 0 Å². The quantitative estimate of drug-likeness (QED) is 0.0871. The molecule has 4 unspecified atom stereocenters. The van der Waals surface area contributed by atoms with Gasteiger partial charge in [0.1, 0.15) is 0 Å². The van der Waals surface area contributed by atoms with Gasteiger partial charge in [-0.2, -0.15) is 0 Å². The molecule has 0 spiro atoms. The van der Waals surface area contributed by atoms with Crippen LogP contribution in [0, 0.1) is 11.8 Å². The Morgan fingerprint density at radius 2 is 0.676 bits per heavy atom. The van der Waals surface area contributed by atoms with Crippen molar-refractivity contribution in [2.45, 2.75) is 182 Å². The maximum Gasteiger partial charge on any atom is 0.0785 e. The van der Waals surface area contributed by atoms with Crippen LogP contribution < -0.4 is 0 Å². The van der Waals surface area contributed by atoms with Crippen molar-refractivity contribution in [1.29, 1.82) is 0 Å². The number of unbranched alkanes of at least 4 members (excludes halogenated alkanes) is 16. The van der Waals surface area contributed by atoms with E-state index in [2.05, 4.69) is 41.5 Å². The Kier molecular flexibility index (Phi) is 28.8. The Morgan fingerprint density at radius 3 is 1.00 bits per heavy atom. The highest BCUT2D eigenvalue weighted by atomic mass is 16.6. The molecule has 0 saturated carbocycles. The van der Waals surface area contributed by atoms with Crippen LogP contribution in [-0.4, -0.2) is 38.6 Å². The molecule has 37 heavy (non-hydrogen) atoms. The summed E-state index contributed by atoms with van der Waals surface area (Å²) in [7, 11) is 0. The minimum absolute atomic E-state index is 0.123. The molecule has 0 aliphatic heterocycles. The summed E-state index contributed by atoms with van der Waals surface area (Å²) < 4.78 is 18.0. The van der Waals surface area contributed by atoms with Crippen LogP contribution in [0.25, 0.3) is 0 Å². The Hall–Kier alpha value is -0.120. The molecule has 0 fully saturated rings. The summed E-state index contributed by atoms with van der Waals surface area (Å²) in [6.45, 7) is 16.5. The summed E-state index contributed by atoms with van der Waals surface area (Å²) in [6.07, 6.45) is 28.0. The first-order chi connectivity index (χ1) is 18.0. The second kappa shape index (κ2) is 28.9. The lowest BCUT2D eigenvalue weighted by molar-refractivity contribution is -0.0766. The average Bonchev–Trinajstić information content (AvgIpc) is 2.86. The van der Waals surface area contributed by atoms with Gasteiger partial charge in [-0.25, -0.2) is 0 Å². The third-order valence-corrected chi connectivity index (χ3v) is 7.58. The fourth-order valence-electron chi connectivity index (χ4n) is 5.12. The number of hydrogen-bond donors (Lipinski definition) is 0. The summed E-state index contributed by atoms with van der Waals surface area (Å²) in [5.41, 5.74) is 0. The maximum atomic E-state index is 6.08. The van der Waals surface area contributed by atoms with Gasteiger partial charge in [0.25, 0.3) is 0 Å². The minimum atomic E-state index is 0.123. The van der Waals surface area contributed by atoms with Crippen molar-refractivity contribution in [3.05, 3.63) is 0 Å². The van der Waals surface area contributed by atoms with E-state index in [0.29, 0.717) is 25.0 Å². The molecule has 0 heterocycles. The molecule has 4 atom stereocenters. The van der Waals surface area contributed by atoms with Gasteiger partial charge in [0.2, 0.25) is 0 Å². The topological polar surface area (TPSA) is 27.7 Å². The van der Waals surface area contributed by atoms with Gasteiger partial charge >= 0.3 is 0 Å². The molecular formula is C34H70O3. The predicted molar refractivity (Wildman–Crippen MR) is 164 cm³/mol. The fourth-order valence-corrected chi connectivity index (χ4v) is 5.12. The minimum Gasteiger partial charge on any atom is -0.378 e. The van der Waals surface area contributed by atoms with Gasteiger partial charge in [-0.1, -0.05) is 143 Å². The second-order valence-electron chi connectivity index (χ2n) is 12.3. The molecule has 0 aromatic carbocycles. The van der Waals surface area contributed by atoms with Gasteiger partial charge in [-0.3, -0.25) is 0 Å². The number of rotatable bonds is 30. The smallest absolute Gasteiger partial charge is 0.0785 e. The van der Waals surface area contributed by atoms with Crippen LogP contribution in [0.15, 0.2) is 0 Å². The van der Waals surface area contributed by atoms with Crippen LogP contribution in [0.1, 0.15) is 170 Å². The molecule has 0 N–H and O–H groups in total. The van der Waals surface area contributed by atoms with Crippen LogP contribution >= 0.6 is 0 Å². The standard InChI is InChI=1S/C34H70O3/c1-7-9-11-13-15-17-19-21-23-25-31(3)27-35-29-33(5)37-34(6)30-36-28-32(4)26-24-22-20-18-16-14-12-10-8-2/h31-34H,7-30H2,1-6H3. The van der Waals surface area contributed by atoms with Gasteiger partial charge in [0, 0.05) is 13.2 Å². The zero-order valence-corrected chi connectivity index (χ0v) is 26.5. The lowest BCUT2D eigenvalue weighted by Crippen LogP contribution is -2.26. The average molecular weight is 527 g/mol. The number of ether oxygens (including phenoxy) is 3. The molecule has 3 nitrogen and oxygen atoms in total. The van der Waals surface area contributed by atoms with E-state index in [-0.39, 0.29) is 12.2 Å². The fraction of sp³-hybridized carbons (Fsp3) is 1.00. The molecule has 0 bridgehead atoms. The van der Waals surface area contributed by atoms with Crippen LogP contribution in [0.3, 0.4) is 0 Å². The van der Waals surface area contributed by atoms with Gasteiger partial charge < -0.3 is 14.2 Å². The summed E-state index contributed by atoms with van der Waals surface area (Å²) in [5.74, 6) is 1.29. The highest BCUT2D eigenvalue weighted by Crippen LogP contribution is 2.15. The van der Waals surface area contributed by atoms with E-state index in [1.807, 2.05) is 0 Å². The first-order valence-electron chi connectivity index (χ1n) is 16.8. The van der Waals surface area contributed by atoms with Crippen molar-refractivity contribution in [1.82, 2.24) is 0 Å². The maximum absolute atomic E-state index is 6.08. The van der Waals surface area contributed by atoms with Crippen molar-refractivity contribution in [3.63, 3.8) is 0 Å². The van der Waals surface area contributed by atoms with Gasteiger partial charge in [0.05, 0.1) is 25.4 Å². The lowest BCUT2D eigenvalue weighted by atomic mass is 10.0. The Balaban J connectivity index is 3.52. The molecule has 0 aromatic heterocycles. The normalized spacial score (nSPS) is 15.1. The van der Waals surface area contributed by atoms with E-state index in [4.69, 9.17) is 14.2 Å². The third kappa shape index (κ3) is 28.7. The van der Waals surface area contributed by atoms with E-state index in [1.54, 1.807) is 0 Å². The van der Waals surface area contributed by atoms with E-state index >= 15 is 0 Å². The summed E-state index contributed by atoms with van der Waals surface area (Å²) in [5, 5.41) is 0. The van der Waals surface area contributed by atoms with Crippen molar-refractivity contribution in [2.75, 3.05) is 26.4 Å². The molecule has 224 valence electrons. The third-order valence-electron chi connectivity index (χ3n) is 7.58. The highest BCUT2D eigenvalue weighted by molar-refractivity contribution is 4.59. The summed E-state index contributed by atoms with van der Waals surface area (Å²) in [6, 6.07) is 0. The largest absolute Gasteiger partial charge is 0.378 e. The molecule has 3 heteroatoms. The van der Waals surface area contributed by atoms with Crippen LogP contribution in [0.2, 0.25) is 0 Å². The molecule has 0 saturated heterocycles. The van der Waals surface area contributed by atoms with Crippen molar-refractivity contribution < 1.29 is 14.2 Å². The molecule has 0 aromatic rings. The first-order valence-corrected chi connectivity index (χ1v) is 16.8. The lowest BCUT2D eigenvalue weighted by Gasteiger charge is -2.21. The van der Waals surface area contributed by atoms with E-state index in [0.717, 1.165) is 13.2 Å².